The van der Waals surface area contributed by atoms with Gasteiger partial charge in [-0.25, -0.2) is 0 Å². The first-order chi connectivity index (χ1) is 11.9. The molecule has 0 aliphatic heterocycles. The van der Waals surface area contributed by atoms with Crippen LogP contribution in [-0.2, 0) is 7.05 Å². The Kier molecular flexibility index (Phi) is 3.85. The lowest BCUT2D eigenvalue weighted by atomic mass is 10.2. The summed E-state index contributed by atoms with van der Waals surface area (Å²) in [7, 11) is 1.64. The molecule has 2 aromatic carbocycles. The minimum Gasteiger partial charge on any atom is -0.493 e. The van der Waals surface area contributed by atoms with Crippen molar-refractivity contribution < 1.29 is 15.0 Å². The van der Waals surface area contributed by atoms with Crippen molar-refractivity contribution >= 4 is 33.7 Å². The molecule has 1 N–H and O–H groups in total. The average Bonchev–Trinajstić information content (AvgIpc) is 2.84. The Morgan fingerprint density at radius 3 is 2.44 bits per heavy atom. The Balaban J connectivity index is 2.11. The van der Waals surface area contributed by atoms with Gasteiger partial charge in [0.05, 0.1) is 21.4 Å². The highest BCUT2D eigenvalue weighted by Crippen LogP contribution is 2.39. The number of nitrogens with zero attached hydrogens (tertiary/aromatic N) is 5. The van der Waals surface area contributed by atoms with E-state index in [0.29, 0.717) is 10.9 Å². The van der Waals surface area contributed by atoms with Crippen LogP contribution in [0.4, 0.5) is 22.7 Å². The van der Waals surface area contributed by atoms with Gasteiger partial charge in [0.25, 0.3) is 5.69 Å². The van der Waals surface area contributed by atoms with Crippen LogP contribution >= 0.6 is 0 Å². The number of rotatable bonds is 4. The zero-order valence-electron chi connectivity index (χ0n) is 12.9. The van der Waals surface area contributed by atoms with E-state index in [2.05, 4.69) is 10.2 Å². The lowest BCUT2D eigenvalue weighted by Gasteiger charge is -1.97. The average molecular weight is 341 g/mol. The molecule has 1 heterocycles. The van der Waals surface area contributed by atoms with Gasteiger partial charge in [-0.1, -0.05) is 18.2 Å². The molecule has 0 fully saturated rings. The minimum atomic E-state index is -0.774. The van der Waals surface area contributed by atoms with Crippen LogP contribution in [0, 0.1) is 20.2 Å². The zero-order valence-corrected chi connectivity index (χ0v) is 12.9. The monoisotopic (exact) mass is 341 g/mol. The second-order valence-electron chi connectivity index (χ2n) is 5.14. The zero-order chi connectivity index (χ0) is 18.1. The van der Waals surface area contributed by atoms with E-state index in [1.807, 2.05) is 0 Å². The molecule has 0 spiro atoms. The first-order valence-corrected chi connectivity index (χ1v) is 7.01. The number of aromatic nitrogens is 1. The van der Waals surface area contributed by atoms with Gasteiger partial charge in [0.15, 0.2) is 11.4 Å². The lowest BCUT2D eigenvalue weighted by molar-refractivity contribution is -0.393. The fourth-order valence-corrected chi connectivity index (χ4v) is 2.42. The quantitative estimate of drug-likeness (QED) is 0.432. The van der Waals surface area contributed by atoms with E-state index in [1.54, 1.807) is 31.3 Å². The van der Waals surface area contributed by atoms with E-state index >= 15 is 0 Å². The fraction of sp³-hybridized carbons (Fsp3) is 0.0667. The summed E-state index contributed by atoms with van der Waals surface area (Å²) < 4.78 is 1.51. The van der Waals surface area contributed by atoms with Crippen molar-refractivity contribution in [3.8, 4) is 5.88 Å². The largest absolute Gasteiger partial charge is 0.493 e. The second-order valence-corrected chi connectivity index (χ2v) is 5.14. The molecule has 0 saturated heterocycles. The first-order valence-electron chi connectivity index (χ1n) is 7.01. The summed E-state index contributed by atoms with van der Waals surface area (Å²) in [4.78, 5) is 20.4. The topological polar surface area (TPSA) is 136 Å². The van der Waals surface area contributed by atoms with E-state index in [4.69, 9.17) is 0 Å². The summed E-state index contributed by atoms with van der Waals surface area (Å²) in [6.45, 7) is 0. The second kappa shape index (κ2) is 6.00. The van der Waals surface area contributed by atoms with E-state index < -0.39 is 21.2 Å². The maximum absolute atomic E-state index is 11.1. The molecule has 0 amide bonds. The number of aryl methyl sites for hydroxylation is 1. The molecule has 10 heteroatoms. The summed E-state index contributed by atoms with van der Waals surface area (Å²) in [5, 5.41) is 40.4. The molecule has 10 nitrogen and oxygen atoms in total. The van der Waals surface area contributed by atoms with Crippen molar-refractivity contribution in [1.82, 2.24) is 4.57 Å². The number of non-ortho nitro benzene ring substituents is 1. The van der Waals surface area contributed by atoms with Crippen LogP contribution in [0.3, 0.4) is 0 Å². The highest BCUT2D eigenvalue weighted by molar-refractivity contribution is 5.94. The SMILES string of the molecule is Cn1c(O)c(N=Nc2ccc([N+](=O)[O-])cc2[N+](=O)[O-])c2ccccc21. The molecule has 0 radical (unpaired) electrons. The van der Waals surface area contributed by atoms with E-state index in [-0.39, 0.29) is 17.3 Å². The molecule has 0 saturated carbocycles. The lowest BCUT2D eigenvalue weighted by Crippen LogP contribution is -1.92. The molecule has 0 atom stereocenters. The summed E-state index contributed by atoms with van der Waals surface area (Å²) in [6, 6.07) is 10.1. The standard InChI is InChI=1S/C15H11N5O5/c1-18-12-5-3-2-4-10(12)14(15(18)21)17-16-11-7-6-9(19(22)23)8-13(11)20(24)25/h2-8,21H,1H3. The van der Waals surface area contributed by atoms with Gasteiger partial charge in [-0.2, -0.15) is 0 Å². The van der Waals surface area contributed by atoms with Crippen LogP contribution in [0.1, 0.15) is 0 Å². The Morgan fingerprint density at radius 2 is 1.76 bits per heavy atom. The number of hydrogen-bond donors (Lipinski definition) is 1. The van der Waals surface area contributed by atoms with Crippen LogP contribution in [0.5, 0.6) is 5.88 Å². The van der Waals surface area contributed by atoms with Crippen LogP contribution in [0.25, 0.3) is 10.9 Å². The third kappa shape index (κ3) is 2.76. The predicted molar refractivity (Wildman–Crippen MR) is 88.5 cm³/mol. The van der Waals surface area contributed by atoms with E-state index in [9.17, 15) is 25.3 Å². The van der Waals surface area contributed by atoms with Crippen molar-refractivity contribution in [1.29, 1.82) is 0 Å². The van der Waals surface area contributed by atoms with E-state index in [1.165, 1.54) is 4.57 Å². The highest BCUT2D eigenvalue weighted by atomic mass is 16.6. The summed E-state index contributed by atoms with van der Waals surface area (Å²) in [5.74, 6) is -0.144. The molecule has 0 unspecified atom stereocenters. The number of fused-ring (bicyclic) bond motifs is 1. The molecule has 0 aliphatic rings. The number of azo groups is 1. The molecule has 3 aromatic rings. The Morgan fingerprint density at radius 1 is 1.04 bits per heavy atom. The number of nitro groups is 2. The maximum Gasteiger partial charge on any atom is 0.303 e. The molecule has 0 bridgehead atoms. The maximum atomic E-state index is 11.1. The third-order valence-electron chi connectivity index (χ3n) is 3.67. The van der Waals surface area contributed by atoms with Crippen molar-refractivity contribution in [2.24, 2.45) is 17.3 Å². The first kappa shape index (κ1) is 16.1. The van der Waals surface area contributed by atoms with E-state index in [0.717, 1.165) is 18.2 Å². The number of hydrogen-bond acceptors (Lipinski definition) is 7. The minimum absolute atomic E-state index is 0.144. The number of benzene rings is 2. The molecule has 3 rings (SSSR count). The van der Waals surface area contributed by atoms with Gasteiger partial charge >= 0.3 is 5.69 Å². The van der Waals surface area contributed by atoms with Gasteiger partial charge in [-0.3, -0.25) is 20.2 Å². The van der Waals surface area contributed by atoms with Crippen LogP contribution in [0.15, 0.2) is 52.7 Å². The van der Waals surface area contributed by atoms with Gasteiger partial charge in [-0.15, -0.1) is 10.2 Å². The summed E-state index contributed by atoms with van der Waals surface area (Å²) >= 11 is 0. The molecule has 25 heavy (non-hydrogen) atoms. The van der Waals surface area contributed by atoms with Gasteiger partial charge in [0.2, 0.25) is 5.88 Å². The molecular formula is C15H11N5O5. The van der Waals surface area contributed by atoms with Crippen LogP contribution in [-0.4, -0.2) is 19.5 Å². The smallest absolute Gasteiger partial charge is 0.303 e. The Hall–Kier alpha value is -3.82. The fourth-order valence-electron chi connectivity index (χ4n) is 2.42. The van der Waals surface area contributed by atoms with Crippen LogP contribution < -0.4 is 0 Å². The van der Waals surface area contributed by atoms with Crippen molar-refractivity contribution in [3.05, 3.63) is 62.7 Å². The van der Waals surface area contributed by atoms with Crippen LogP contribution in [0.2, 0.25) is 0 Å². The van der Waals surface area contributed by atoms with Gasteiger partial charge in [-0.05, 0) is 12.1 Å². The van der Waals surface area contributed by atoms with Crippen molar-refractivity contribution in [3.63, 3.8) is 0 Å². The van der Waals surface area contributed by atoms with Gasteiger partial charge < -0.3 is 9.67 Å². The number of aromatic hydroxyl groups is 1. The number of nitro benzene ring substituents is 2. The molecule has 0 aliphatic carbocycles. The Bertz CT molecular complexity index is 1040. The number of para-hydroxylation sites is 1. The van der Waals surface area contributed by atoms with Crippen molar-refractivity contribution in [2.75, 3.05) is 0 Å². The molecular weight excluding hydrogens is 330 g/mol. The highest BCUT2D eigenvalue weighted by Gasteiger charge is 2.20. The van der Waals surface area contributed by atoms with Gasteiger partial charge in [0.1, 0.15) is 0 Å². The normalized spacial score (nSPS) is 11.2. The molecule has 1 aromatic heterocycles. The van der Waals surface area contributed by atoms with Crippen molar-refractivity contribution in [2.45, 2.75) is 0 Å². The van der Waals surface area contributed by atoms with Gasteiger partial charge in [0, 0.05) is 18.5 Å². The molecule has 126 valence electrons. The third-order valence-corrected chi connectivity index (χ3v) is 3.67. The summed E-state index contributed by atoms with van der Waals surface area (Å²) in [6.07, 6.45) is 0. The Labute approximate surface area is 140 Å². The summed E-state index contributed by atoms with van der Waals surface area (Å²) in [5.41, 5.74) is -0.239. The predicted octanol–water partition coefficient (Wildman–Crippen LogP) is 4.12.